The van der Waals surface area contributed by atoms with Crippen molar-refractivity contribution in [3.63, 3.8) is 0 Å². The van der Waals surface area contributed by atoms with E-state index >= 15 is 0 Å². The van der Waals surface area contributed by atoms with Crippen LogP contribution < -0.4 is 10.1 Å². The van der Waals surface area contributed by atoms with Gasteiger partial charge in [-0.05, 0) is 48.5 Å². The maximum Gasteiger partial charge on any atom is 0.439 e. The molecule has 11 heteroatoms. The number of anilines is 1. The first kappa shape index (κ1) is 20.0. The summed E-state index contributed by atoms with van der Waals surface area (Å²) in [6.45, 7) is -0.418. The summed E-state index contributed by atoms with van der Waals surface area (Å²) in [6.07, 6.45) is -6.01. The lowest BCUT2D eigenvalue weighted by Gasteiger charge is -2.10. The minimum absolute atomic E-state index is 0.176. The van der Waals surface area contributed by atoms with Crippen LogP contribution in [0.25, 0.3) is 0 Å². The summed E-state index contributed by atoms with van der Waals surface area (Å²) in [6, 6.07) is 10.0. The van der Waals surface area contributed by atoms with Gasteiger partial charge in [0.25, 0.3) is 5.91 Å². The number of hydrogen-bond acceptors (Lipinski definition) is 5. The molecular formula is C18H13F3N2O6. The van der Waals surface area contributed by atoms with Gasteiger partial charge in [-0.2, -0.15) is 13.2 Å². The number of hydroxylamine groups is 2. The molecule has 0 spiro atoms. The Morgan fingerprint density at radius 1 is 1.03 bits per heavy atom. The van der Waals surface area contributed by atoms with Crippen molar-refractivity contribution in [3.05, 3.63) is 65.6 Å². The highest BCUT2D eigenvalue weighted by Crippen LogP contribution is 2.31. The molecule has 1 aliphatic rings. The van der Waals surface area contributed by atoms with Crippen molar-refractivity contribution < 1.29 is 42.5 Å². The van der Waals surface area contributed by atoms with Crippen molar-refractivity contribution >= 4 is 17.7 Å². The normalized spacial score (nSPS) is 14.1. The number of benzene rings is 2. The topological polar surface area (TPSA) is 108 Å². The van der Waals surface area contributed by atoms with Gasteiger partial charge in [-0.15, -0.1) is 5.06 Å². The monoisotopic (exact) mass is 410 g/mol. The smallest absolute Gasteiger partial charge is 0.439 e. The number of carboxylic acid groups (broad SMARTS) is 1. The third-order valence-corrected chi connectivity index (χ3v) is 3.78. The molecule has 0 radical (unpaired) electrons. The predicted octanol–water partition coefficient (Wildman–Crippen LogP) is 4.13. The maximum atomic E-state index is 12.6. The first-order valence-electron chi connectivity index (χ1n) is 8.00. The van der Waals surface area contributed by atoms with Gasteiger partial charge in [0.2, 0.25) is 5.88 Å². The van der Waals surface area contributed by atoms with Crippen LogP contribution in [0.3, 0.4) is 0 Å². The summed E-state index contributed by atoms with van der Waals surface area (Å²) in [7, 11) is 0. The van der Waals surface area contributed by atoms with Crippen LogP contribution in [0, 0.1) is 0 Å². The van der Waals surface area contributed by atoms with Crippen LogP contribution >= 0.6 is 0 Å². The van der Waals surface area contributed by atoms with Crippen LogP contribution in [-0.4, -0.2) is 33.9 Å². The summed E-state index contributed by atoms with van der Waals surface area (Å²) in [5.74, 6) is -1.08. The highest BCUT2D eigenvalue weighted by atomic mass is 19.4. The predicted molar refractivity (Wildman–Crippen MR) is 92.1 cm³/mol. The van der Waals surface area contributed by atoms with Gasteiger partial charge in [-0.3, -0.25) is 9.63 Å². The number of alkyl halides is 3. The Kier molecular flexibility index (Phi) is 5.33. The highest BCUT2D eigenvalue weighted by molar-refractivity contribution is 6.04. The molecule has 0 bridgehead atoms. The maximum absolute atomic E-state index is 12.6. The Labute approximate surface area is 161 Å². The number of nitrogens with one attached hydrogen (secondary N) is 1. The van der Waals surface area contributed by atoms with E-state index in [4.69, 9.17) is 9.84 Å². The molecule has 0 saturated heterocycles. The van der Waals surface area contributed by atoms with E-state index in [2.05, 4.69) is 10.2 Å². The summed E-state index contributed by atoms with van der Waals surface area (Å²) >= 11 is 0. The Bertz CT molecular complexity index is 955. The van der Waals surface area contributed by atoms with Gasteiger partial charge in [0.15, 0.2) is 0 Å². The molecule has 8 nitrogen and oxygen atoms in total. The zero-order chi connectivity index (χ0) is 21.2. The molecule has 2 aromatic rings. The van der Waals surface area contributed by atoms with Gasteiger partial charge < -0.3 is 20.3 Å². The number of halogens is 3. The Balaban J connectivity index is 1.63. The summed E-state index contributed by atoms with van der Waals surface area (Å²) in [4.78, 5) is 27.6. The van der Waals surface area contributed by atoms with Crippen LogP contribution in [0.15, 0.2) is 60.0 Å². The first-order chi connectivity index (χ1) is 13.6. The molecule has 0 aliphatic carbocycles. The third kappa shape index (κ3) is 4.58. The van der Waals surface area contributed by atoms with E-state index in [1.807, 2.05) is 0 Å². The number of aliphatic hydroxyl groups excluding tert-OH is 1. The molecule has 29 heavy (non-hydrogen) atoms. The highest BCUT2D eigenvalue weighted by Gasteiger charge is 2.33. The molecule has 2 aromatic carbocycles. The molecule has 3 rings (SSSR count). The van der Waals surface area contributed by atoms with Crippen molar-refractivity contribution in [3.8, 4) is 11.5 Å². The van der Waals surface area contributed by atoms with E-state index in [0.717, 1.165) is 12.1 Å². The average molecular weight is 410 g/mol. The average Bonchev–Trinajstić information content (AvgIpc) is 3.05. The number of carbonyl (C=O) groups excluding carboxylic acids is 1. The van der Waals surface area contributed by atoms with Crippen LogP contribution in [-0.2, 0) is 15.8 Å². The van der Waals surface area contributed by atoms with Gasteiger partial charge in [0.05, 0.1) is 5.56 Å². The second-order valence-electron chi connectivity index (χ2n) is 5.76. The minimum Gasteiger partial charge on any atom is -0.492 e. The van der Waals surface area contributed by atoms with Crippen molar-refractivity contribution in [1.29, 1.82) is 0 Å². The van der Waals surface area contributed by atoms with Crippen molar-refractivity contribution in [2.24, 2.45) is 0 Å². The number of rotatable bonds is 4. The molecule has 0 atom stereocenters. The molecule has 1 heterocycles. The zero-order valence-corrected chi connectivity index (χ0v) is 14.4. The molecule has 1 aliphatic heterocycles. The van der Waals surface area contributed by atoms with Crippen LogP contribution in [0.4, 0.5) is 23.7 Å². The Morgan fingerprint density at radius 3 is 2.07 bits per heavy atom. The fraction of sp³-hybridized carbons (Fsp3) is 0.111. The lowest BCUT2D eigenvalue weighted by atomic mass is 10.2. The SMILES string of the molecule is O=C(Nc1ccc(Oc2ccc(C(F)(F)F)cc2)cc1)C1=C(O)N(C(=O)O)OC1. The van der Waals surface area contributed by atoms with Crippen LogP contribution in [0.2, 0.25) is 0 Å². The first-order valence-corrected chi connectivity index (χ1v) is 8.00. The lowest BCUT2D eigenvalue weighted by Crippen LogP contribution is -2.24. The number of hydrogen-bond donors (Lipinski definition) is 3. The quantitative estimate of drug-likeness (QED) is 0.700. The number of ether oxygens (including phenoxy) is 1. The van der Waals surface area contributed by atoms with Crippen LogP contribution in [0.1, 0.15) is 5.56 Å². The number of nitrogens with zero attached hydrogens (tertiary/aromatic N) is 1. The molecule has 152 valence electrons. The van der Waals surface area contributed by atoms with Crippen molar-refractivity contribution in [2.45, 2.75) is 6.18 Å². The number of carbonyl (C=O) groups is 2. The molecule has 0 aromatic heterocycles. The van der Waals surface area contributed by atoms with Gasteiger partial charge >= 0.3 is 12.3 Å². The van der Waals surface area contributed by atoms with E-state index < -0.39 is 36.2 Å². The van der Waals surface area contributed by atoms with Crippen molar-refractivity contribution in [2.75, 3.05) is 11.9 Å². The number of aliphatic hydroxyl groups is 1. The molecule has 3 N–H and O–H groups in total. The van der Waals surface area contributed by atoms with E-state index in [1.165, 1.54) is 36.4 Å². The second kappa shape index (κ2) is 7.72. The molecular weight excluding hydrogens is 397 g/mol. The Hall–Kier alpha value is -3.73. The van der Waals surface area contributed by atoms with E-state index in [9.17, 15) is 27.9 Å². The molecule has 0 fully saturated rings. The van der Waals surface area contributed by atoms with Gasteiger partial charge in [-0.1, -0.05) is 0 Å². The van der Waals surface area contributed by atoms with Gasteiger partial charge in [-0.25, -0.2) is 4.79 Å². The van der Waals surface area contributed by atoms with E-state index in [1.54, 1.807) is 0 Å². The fourth-order valence-electron chi connectivity index (χ4n) is 2.35. The third-order valence-electron chi connectivity index (χ3n) is 3.78. The minimum atomic E-state index is -4.44. The largest absolute Gasteiger partial charge is 0.492 e. The van der Waals surface area contributed by atoms with Gasteiger partial charge in [0.1, 0.15) is 23.7 Å². The molecule has 2 amide bonds. The summed E-state index contributed by atoms with van der Waals surface area (Å²) in [5.41, 5.74) is -0.751. The Morgan fingerprint density at radius 2 is 1.59 bits per heavy atom. The molecule has 0 unspecified atom stereocenters. The van der Waals surface area contributed by atoms with Crippen molar-refractivity contribution in [1.82, 2.24) is 5.06 Å². The van der Waals surface area contributed by atoms with Crippen LogP contribution in [0.5, 0.6) is 11.5 Å². The standard InChI is InChI=1S/C18H13F3N2O6/c19-18(20,21)10-1-5-12(6-2-10)29-13-7-3-11(4-8-13)22-15(24)14-9-28-23(16(14)25)17(26)27/h1-8,25H,9H2,(H,22,24)(H,26,27). The van der Waals surface area contributed by atoms with E-state index in [0.29, 0.717) is 11.4 Å². The second-order valence-corrected chi connectivity index (χ2v) is 5.76. The zero-order valence-electron chi connectivity index (χ0n) is 14.4. The van der Waals surface area contributed by atoms with E-state index in [-0.39, 0.29) is 16.4 Å². The number of amides is 2. The molecule has 0 saturated carbocycles. The summed E-state index contributed by atoms with van der Waals surface area (Å²) in [5, 5.41) is 21.1. The lowest BCUT2D eigenvalue weighted by molar-refractivity contribution is -0.137. The van der Waals surface area contributed by atoms with Gasteiger partial charge in [0, 0.05) is 5.69 Å². The fourth-order valence-corrected chi connectivity index (χ4v) is 2.35. The summed E-state index contributed by atoms with van der Waals surface area (Å²) < 4.78 is 43.1.